The lowest BCUT2D eigenvalue weighted by Crippen LogP contribution is -2.69. The summed E-state index contributed by atoms with van der Waals surface area (Å²) >= 11 is 4.71. The Labute approximate surface area is 316 Å². The number of carbonyl (C=O) groups is 4. The average Bonchev–Trinajstić information content (AvgIpc) is 3.11. The molecule has 0 aromatic rings. The van der Waals surface area contributed by atoms with Gasteiger partial charge in [0.25, 0.3) is 0 Å². The number of isothiocyanates is 1. The molecule has 300 valence electrons. The van der Waals surface area contributed by atoms with Gasteiger partial charge in [-0.25, -0.2) is 4.79 Å². The van der Waals surface area contributed by atoms with Crippen molar-refractivity contribution in [3.8, 4) is 0 Å². The van der Waals surface area contributed by atoms with Gasteiger partial charge < -0.3 is 58.7 Å². The van der Waals surface area contributed by atoms with E-state index in [2.05, 4.69) is 16.7 Å². The first-order chi connectivity index (χ1) is 25.2. The third-order valence-corrected chi connectivity index (χ3v) is 9.98. The highest BCUT2D eigenvalue weighted by Crippen LogP contribution is 2.43. The number of ketones is 1. The van der Waals surface area contributed by atoms with Crippen LogP contribution in [-0.2, 0) is 52.3 Å². The highest BCUT2D eigenvalue weighted by atomic mass is 32.1. The second kappa shape index (κ2) is 18.1. The molecule has 3 aliphatic rings. The first-order valence-corrected chi connectivity index (χ1v) is 17.5. The molecule has 0 amide bonds. The molecule has 0 radical (unpaired) electrons. The van der Waals surface area contributed by atoms with Crippen molar-refractivity contribution in [3.05, 3.63) is 35.4 Å². The smallest absolute Gasteiger partial charge is 0.341 e. The number of aliphatic carboxylic acids is 1. The number of nitrogens with one attached hydrogen (secondary N) is 1. The molecule has 19 heteroatoms. The lowest BCUT2D eigenvalue weighted by molar-refractivity contribution is -0.345. The van der Waals surface area contributed by atoms with Crippen LogP contribution in [0.2, 0.25) is 0 Å². The number of esters is 2. The fraction of sp³-hybridized carbons (Fsp3) is 0.657. The number of hydrogen-bond donors (Lipinski definition) is 6. The zero-order chi connectivity index (χ0) is 40.9. The maximum atomic E-state index is 12.8. The summed E-state index contributed by atoms with van der Waals surface area (Å²) in [5.74, 6) is -6.43. The number of rotatable bonds is 15. The van der Waals surface area contributed by atoms with E-state index >= 15 is 0 Å². The molecule has 0 aromatic heterocycles. The van der Waals surface area contributed by atoms with E-state index in [9.17, 15) is 44.7 Å². The number of carboxylic acid groups (broad SMARTS) is 1. The predicted octanol–water partition coefficient (Wildman–Crippen LogP) is 1.45. The van der Waals surface area contributed by atoms with Crippen molar-refractivity contribution < 1.29 is 77.9 Å². The van der Waals surface area contributed by atoms with Crippen molar-refractivity contribution in [2.45, 2.75) is 127 Å². The molecular formula is C35H48N2O16S. The molecular weight excluding hydrogens is 736 g/mol. The van der Waals surface area contributed by atoms with Crippen molar-refractivity contribution in [2.24, 2.45) is 10.9 Å². The SMILES string of the molecule is C=C(OC1C(COC(C)=O)OC(C2(O)CC(=O)C(=N)C(C(=O)O)=C2O)C(O)C1OC1CC(OC)C(O)(C(C)OC(=O)C(C)CC)C(C)O1)C(=CC)N=C=S. The third kappa shape index (κ3) is 8.96. The van der Waals surface area contributed by atoms with Gasteiger partial charge in [0.05, 0.1) is 29.7 Å². The Balaban J connectivity index is 2.14. The van der Waals surface area contributed by atoms with E-state index in [0.29, 0.717) is 6.42 Å². The number of Topliss-reactive ketones (excluding diaryl/α,β-unsaturated/α-hetero) is 1. The number of hydrogen-bond acceptors (Lipinski definition) is 18. The molecule has 0 bridgehead atoms. The minimum absolute atomic E-state index is 0.0845. The Hall–Kier alpha value is -3.91. The van der Waals surface area contributed by atoms with Crippen LogP contribution < -0.4 is 0 Å². The maximum absolute atomic E-state index is 12.8. The van der Waals surface area contributed by atoms with E-state index in [4.69, 9.17) is 50.8 Å². The molecule has 54 heavy (non-hydrogen) atoms. The summed E-state index contributed by atoms with van der Waals surface area (Å²) in [4.78, 5) is 53.4. The third-order valence-electron chi connectivity index (χ3n) is 9.88. The van der Waals surface area contributed by atoms with E-state index < -0.39 is 126 Å². The summed E-state index contributed by atoms with van der Waals surface area (Å²) in [6.45, 7) is 12.3. The topological polar surface area (TPSA) is 270 Å². The highest BCUT2D eigenvalue weighted by molar-refractivity contribution is 7.78. The number of thiocarbonyl (C=S) groups is 1. The molecule has 2 heterocycles. The zero-order valence-electron chi connectivity index (χ0n) is 31.0. The monoisotopic (exact) mass is 784 g/mol. The molecule has 2 aliphatic heterocycles. The van der Waals surface area contributed by atoms with Gasteiger partial charge in [-0.05, 0) is 39.4 Å². The van der Waals surface area contributed by atoms with Crippen molar-refractivity contribution in [2.75, 3.05) is 13.7 Å². The second-order valence-electron chi connectivity index (χ2n) is 13.2. The molecule has 1 aliphatic carbocycles. The predicted molar refractivity (Wildman–Crippen MR) is 188 cm³/mol. The van der Waals surface area contributed by atoms with Crippen LogP contribution in [0.3, 0.4) is 0 Å². The molecule has 2 fully saturated rings. The first kappa shape index (κ1) is 44.5. The lowest BCUT2D eigenvalue weighted by Gasteiger charge is -2.52. The summed E-state index contributed by atoms with van der Waals surface area (Å²) < 4.78 is 40.9. The van der Waals surface area contributed by atoms with Crippen molar-refractivity contribution >= 4 is 46.8 Å². The quantitative estimate of drug-likeness (QED) is 0.0451. The molecule has 0 aromatic carbocycles. The van der Waals surface area contributed by atoms with Gasteiger partial charge in [-0.15, -0.1) is 0 Å². The molecule has 2 saturated heterocycles. The van der Waals surface area contributed by atoms with Gasteiger partial charge >= 0.3 is 17.9 Å². The lowest BCUT2D eigenvalue weighted by atomic mass is 9.74. The summed E-state index contributed by atoms with van der Waals surface area (Å²) in [5.41, 5.74) is -7.12. The minimum atomic E-state index is -2.96. The molecule has 0 saturated carbocycles. The Morgan fingerprint density at radius 3 is 2.41 bits per heavy atom. The number of carboxylic acids is 1. The molecule has 0 spiro atoms. The molecule has 18 nitrogen and oxygen atoms in total. The van der Waals surface area contributed by atoms with E-state index in [1.807, 2.05) is 0 Å². The molecule has 12 atom stereocenters. The minimum Gasteiger partial charge on any atom is -0.508 e. The van der Waals surface area contributed by atoms with Crippen LogP contribution in [0, 0.1) is 11.3 Å². The van der Waals surface area contributed by atoms with Gasteiger partial charge in [-0.1, -0.05) is 26.5 Å². The molecule has 3 rings (SSSR count). The second-order valence-corrected chi connectivity index (χ2v) is 13.4. The number of aliphatic hydroxyl groups is 4. The molecule has 6 N–H and O–H groups in total. The highest BCUT2D eigenvalue weighted by Gasteiger charge is 2.61. The van der Waals surface area contributed by atoms with Gasteiger partial charge in [0.2, 0.25) is 0 Å². The van der Waals surface area contributed by atoms with Gasteiger partial charge in [0.15, 0.2) is 29.4 Å². The Kier molecular flexibility index (Phi) is 15.0. The molecule has 12 unspecified atom stereocenters. The average molecular weight is 785 g/mol. The van der Waals surface area contributed by atoms with Crippen LogP contribution >= 0.6 is 12.2 Å². The largest absolute Gasteiger partial charge is 0.508 e. The number of aliphatic hydroxyl groups excluding tert-OH is 2. The summed E-state index contributed by atoms with van der Waals surface area (Å²) in [5, 5.41) is 66.6. The summed E-state index contributed by atoms with van der Waals surface area (Å²) in [6.07, 6.45) is -13.2. The van der Waals surface area contributed by atoms with E-state index in [1.165, 1.54) is 27.0 Å². The number of nitrogens with zero attached hydrogens (tertiary/aromatic N) is 1. The van der Waals surface area contributed by atoms with Crippen LogP contribution in [0.4, 0.5) is 0 Å². The Morgan fingerprint density at radius 1 is 1.22 bits per heavy atom. The fourth-order valence-electron chi connectivity index (χ4n) is 6.56. The van der Waals surface area contributed by atoms with Crippen molar-refractivity contribution in [1.82, 2.24) is 0 Å². The Bertz CT molecular complexity index is 1610. The van der Waals surface area contributed by atoms with Crippen LogP contribution in [0.1, 0.15) is 60.8 Å². The van der Waals surface area contributed by atoms with Crippen LogP contribution in [0.25, 0.3) is 0 Å². The van der Waals surface area contributed by atoms with Crippen molar-refractivity contribution in [1.29, 1.82) is 5.41 Å². The summed E-state index contributed by atoms with van der Waals surface area (Å²) in [7, 11) is 1.30. The van der Waals surface area contributed by atoms with Crippen LogP contribution in [0.5, 0.6) is 0 Å². The number of ether oxygens (including phenoxy) is 7. The van der Waals surface area contributed by atoms with Gasteiger partial charge in [-0.3, -0.25) is 19.8 Å². The summed E-state index contributed by atoms with van der Waals surface area (Å²) in [6, 6.07) is 0. The van der Waals surface area contributed by atoms with Gasteiger partial charge in [0, 0.05) is 20.5 Å². The number of allylic oxidation sites excluding steroid dienone is 1. The number of carbonyl (C=O) groups excluding carboxylic acids is 3. The van der Waals surface area contributed by atoms with Gasteiger partial charge in [0.1, 0.15) is 65.6 Å². The normalized spacial score (nSPS) is 34.3. The standard InChI is InChI=1S/C35H48N2O16S/c1-9-15(3)33(44)51-18(6)35(46)17(5)50-24(11-23(35)47-8)53-29-27(40)31(34(45)12-21(39)26(36)25(30(34)41)32(42)43)52-22(13-48-19(7)38)28(29)49-16(4)20(10-2)37-14-54/h10,15,17-18,22-24,27-29,31,36,40-41,45-46H,4,9,11-13H2,1-3,5-8H3,(H,42,43). The Morgan fingerprint density at radius 2 is 1.87 bits per heavy atom. The fourth-order valence-corrected chi connectivity index (χ4v) is 6.66. The van der Waals surface area contributed by atoms with E-state index in [1.54, 1.807) is 20.8 Å². The van der Waals surface area contributed by atoms with Crippen LogP contribution in [-0.4, -0.2) is 140 Å². The number of aliphatic imine (C=N–C) groups is 1. The van der Waals surface area contributed by atoms with E-state index in [-0.39, 0.29) is 17.9 Å². The van der Waals surface area contributed by atoms with E-state index in [0.717, 1.165) is 6.92 Å². The van der Waals surface area contributed by atoms with Crippen molar-refractivity contribution in [3.63, 3.8) is 0 Å². The maximum Gasteiger partial charge on any atom is 0.341 e. The first-order valence-electron chi connectivity index (χ1n) is 17.1. The van der Waals surface area contributed by atoms with Crippen LogP contribution in [0.15, 0.2) is 40.4 Å². The van der Waals surface area contributed by atoms with Gasteiger partial charge in [-0.2, -0.15) is 4.99 Å². The zero-order valence-corrected chi connectivity index (χ0v) is 31.8. The number of methoxy groups -OCH3 is 1.